The molecule has 0 aromatic carbocycles. The third-order valence-corrected chi connectivity index (χ3v) is 9.52. The Morgan fingerprint density at radius 2 is 1.59 bits per heavy atom. The number of hydrogen-bond donors (Lipinski definition) is 4. The number of likely N-dealkylation sites (N-methyl/N-ethyl adjacent to an activating group) is 1. The summed E-state index contributed by atoms with van der Waals surface area (Å²) in [4.78, 5) is 28.8. The van der Waals surface area contributed by atoms with Crippen molar-refractivity contribution in [2.24, 2.45) is 23.7 Å². The number of ether oxygens (including phenoxy) is 4. The lowest BCUT2D eigenvalue weighted by Crippen LogP contribution is -2.60. The molecule has 0 spiro atoms. The van der Waals surface area contributed by atoms with Crippen LogP contribution in [0, 0.1) is 23.7 Å². The number of carbonyl (C=O) groups excluding carboxylic acids is 2. The van der Waals surface area contributed by atoms with Crippen LogP contribution in [0.4, 0.5) is 0 Å². The zero-order valence-corrected chi connectivity index (χ0v) is 26.7. The van der Waals surface area contributed by atoms with Crippen LogP contribution in [0.25, 0.3) is 0 Å². The predicted octanol–water partition coefficient (Wildman–Crippen LogP) is 1.51. The summed E-state index contributed by atoms with van der Waals surface area (Å²) in [6.07, 6.45) is -6.25. The van der Waals surface area contributed by atoms with Crippen molar-refractivity contribution >= 4 is 11.8 Å². The third-order valence-electron chi connectivity index (χ3n) is 9.52. The molecule has 11 heteroatoms. The summed E-state index contributed by atoms with van der Waals surface area (Å²) in [5.74, 6) is -4.49. The molecule has 0 aromatic heterocycles. The van der Waals surface area contributed by atoms with E-state index in [2.05, 4.69) is 0 Å². The predicted molar refractivity (Wildman–Crippen MR) is 152 cm³/mol. The maximum atomic E-state index is 13.6. The van der Waals surface area contributed by atoms with E-state index in [-0.39, 0.29) is 30.8 Å². The molecule has 14 atom stereocenters. The van der Waals surface area contributed by atoms with E-state index < -0.39 is 77.7 Å². The van der Waals surface area contributed by atoms with Gasteiger partial charge in [-0.05, 0) is 61.1 Å². The van der Waals surface area contributed by atoms with Crippen molar-refractivity contribution in [3.05, 3.63) is 0 Å². The van der Waals surface area contributed by atoms with Gasteiger partial charge in [0.25, 0.3) is 0 Å². The first-order valence-electron chi connectivity index (χ1n) is 14.9. The van der Waals surface area contributed by atoms with Crippen molar-refractivity contribution in [2.75, 3.05) is 21.2 Å². The lowest BCUT2D eigenvalue weighted by molar-refractivity contribution is -0.301. The molecule has 2 saturated heterocycles. The summed E-state index contributed by atoms with van der Waals surface area (Å²) in [6, 6.07) is -0.244. The number of rotatable bonds is 5. The largest absolute Gasteiger partial charge is 0.459 e. The van der Waals surface area contributed by atoms with E-state index in [1.54, 1.807) is 34.6 Å². The van der Waals surface area contributed by atoms with E-state index in [0.717, 1.165) is 0 Å². The molecule has 0 radical (unpaired) electrons. The van der Waals surface area contributed by atoms with E-state index >= 15 is 0 Å². The van der Waals surface area contributed by atoms with Gasteiger partial charge in [0.05, 0.1) is 35.9 Å². The number of aliphatic hydroxyl groups is 4. The van der Waals surface area contributed by atoms with Gasteiger partial charge in [0.2, 0.25) is 0 Å². The molecule has 240 valence electrons. The Balaban J connectivity index is 2.60. The van der Waals surface area contributed by atoms with E-state index in [9.17, 15) is 30.0 Å². The molecule has 4 N–H and O–H groups in total. The number of esters is 1. The van der Waals surface area contributed by atoms with E-state index in [0.29, 0.717) is 6.42 Å². The van der Waals surface area contributed by atoms with Crippen LogP contribution in [0.5, 0.6) is 0 Å². The van der Waals surface area contributed by atoms with Crippen molar-refractivity contribution < 1.29 is 49.0 Å². The topological polar surface area (TPSA) is 155 Å². The summed E-state index contributed by atoms with van der Waals surface area (Å²) in [7, 11) is 5.21. The summed E-state index contributed by atoms with van der Waals surface area (Å²) < 4.78 is 24.2. The molecule has 0 bridgehead atoms. The first-order chi connectivity index (χ1) is 18.8. The van der Waals surface area contributed by atoms with Crippen LogP contribution in [-0.4, -0.2) is 118 Å². The summed E-state index contributed by atoms with van der Waals surface area (Å²) in [5, 5.41) is 45.1. The molecule has 2 heterocycles. The Morgan fingerprint density at radius 3 is 2.10 bits per heavy atom. The van der Waals surface area contributed by atoms with Crippen LogP contribution in [0.15, 0.2) is 0 Å². The smallest absolute Gasteiger partial charge is 0.311 e. The Hall–Kier alpha value is -1.18. The van der Waals surface area contributed by atoms with E-state index in [4.69, 9.17) is 18.9 Å². The second-order valence-electron chi connectivity index (χ2n) is 13.1. The number of ketones is 1. The SMILES string of the molecule is CC[C@H]1OC(=O)[C@H](C)[C@@H](O)[C@H](C)[C@@H](OC2O[C@H](C)C[C@H](N(C)C)[C@H]2O)[C@@](C)(OC)C[C@@H](C)C(=O)[C@H](C)[C@@H](O)[C@]1(C)O. The standard InChI is InChI=1S/C30H55NO10/c1-12-21-30(8,37)25(35)17(4)22(32)15(2)14-29(7,38-11)26(18(5)23(33)19(6)27(36)40-21)41-28-24(34)20(31(9)10)13-16(3)39-28/h15-21,23-26,28,33-35,37H,12-14H2,1-11H3/t15-,16-,17+,18+,19-,20+,21-,23+,24-,25-,26-,28?,29+,30-/m1/s1. The summed E-state index contributed by atoms with van der Waals surface area (Å²) in [5.41, 5.74) is -3.11. The first-order valence-corrected chi connectivity index (χ1v) is 14.9. The number of cyclic esters (lactones) is 1. The normalized spacial score (nSPS) is 47.6. The molecule has 0 saturated carbocycles. The number of carbonyl (C=O) groups is 2. The van der Waals surface area contributed by atoms with Gasteiger partial charge >= 0.3 is 5.97 Å². The van der Waals surface area contributed by atoms with E-state index in [1.165, 1.54) is 21.0 Å². The minimum atomic E-state index is -1.91. The minimum absolute atomic E-state index is 0.134. The van der Waals surface area contributed by atoms with Gasteiger partial charge in [-0.15, -0.1) is 0 Å². The molecule has 2 fully saturated rings. The number of Topliss-reactive ketones (excluding diaryl/α,β-unsaturated/α-hetero) is 1. The number of methoxy groups -OCH3 is 1. The third kappa shape index (κ3) is 7.67. The number of nitrogens with zero attached hydrogens (tertiary/aromatic N) is 1. The molecular weight excluding hydrogens is 534 g/mol. The molecule has 2 rings (SSSR count). The zero-order chi connectivity index (χ0) is 31.6. The lowest BCUT2D eigenvalue weighted by atomic mass is 9.74. The molecule has 2 aliphatic heterocycles. The van der Waals surface area contributed by atoms with Crippen molar-refractivity contribution in [2.45, 2.75) is 135 Å². The van der Waals surface area contributed by atoms with Gasteiger partial charge in [-0.25, -0.2) is 0 Å². The highest BCUT2D eigenvalue weighted by atomic mass is 16.7. The molecule has 41 heavy (non-hydrogen) atoms. The maximum absolute atomic E-state index is 13.6. The highest BCUT2D eigenvalue weighted by Gasteiger charge is 2.51. The fourth-order valence-electron chi connectivity index (χ4n) is 6.59. The van der Waals surface area contributed by atoms with Crippen LogP contribution in [-0.2, 0) is 28.5 Å². The number of hydrogen-bond acceptors (Lipinski definition) is 11. The van der Waals surface area contributed by atoms with Crippen LogP contribution >= 0.6 is 0 Å². The fraction of sp³-hybridized carbons (Fsp3) is 0.933. The Morgan fingerprint density at radius 1 is 1.00 bits per heavy atom. The molecule has 11 nitrogen and oxygen atoms in total. The zero-order valence-electron chi connectivity index (χ0n) is 26.7. The second kappa shape index (κ2) is 14.1. The molecular formula is C30H55NO10. The lowest BCUT2D eigenvalue weighted by Gasteiger charge is -2.48. The van der Waals surface area contributed by atoms with Gasteiger partial charge in [0.15, 0.2) is 6.29 Å². The Bertz CT molecular complexity index is 883. The van der Waals surface area contributed by atoms with Gasteiger partial charge < -0.3 is 44.3 Å². The second-order valence-corrected chi connectivity index (χ2v) is 13.1. The van der Waals surface area contributed by atoms with Crippen LogP contribution in [0.3, 0.4) is 0 Å². The molecule has 2 aliphatic rings. The van der Waals surface area contributed by atoms with Crippen LogP contribution in [0.1, 0.15) is 74.7 Å². The molecule has 0 amide bonds. The van der Waals surface area contributed by atoms with Crippen molar-refractivity contribution in [1.82, 2.24) is 4.90 Å². The van der Waals surface area contributed by atoms with Gasteiger partial charge in [-0.2, -0.15) is 0 Å². The maximum Gasteiger partial charge on any atom is 0.311 e. The molecule has 0 aromatic rings. The summed E-state index contributed by atoms with van der Waals surface area (Å²) in [6.45, 7) is 13.2. The van der Waals surface area contributed by atoms with Crippen molar-refractivity contribution in [3.8, 4) is 0 Å². The van der Waals surface area contributed by atoms with Gasteiger partial charge in [0.1, 0.15) is 23.6 Å². The summed E-state index contributed by atoms with van der Waals surface area (Å²) >= 11 is 0. The first kappa shape index (κ1) is 36.0. The van der Waals surface area contributed by atoms with Gasteiger partial charge in [0, 0.05) is 30.9 Å². The minimum Gasteiger partial charge on any atom is -0.459 e. The Kier molecular flexibility index (Phi) is 12.4. The average molecular weight is 590 g/mol. The van der Waals surface area contributed by atoms with Gasteiger partial charge in [-0.3, -0.25) is 9.59 Å². The highest BCUT2D eigenvalue weighted by Crippen LogP contribution is 2.39. The van der Waals surface area contributed by atoms with E-state index in [1.807, 2.05) is 25.9 Å². The molecule has 1 unspecified atom stereocenters. The fourth-order valence-corrected chi connectivity index (χ4v) is 6.59. The number of aliphatic hydroxyl groups excluding tert-OH is 3. The van der Waals surface area contributed by atoms with Crippen LogP contribution < -0.4 is 0 Å². The highest BCUT2D eigenvalue weighted by molar-refractivity contribution is 5.83. The molecule has 0 aliphatic carbocycles. The van der Waals surface area contributed by atoms with Crippen molar-refractivity contribution in [1.29, 1.82) is 0 Å². The van der Waals surface area contributed by atoms with Gasteiger partial charge in [-0.1, -0.05) is 27.7 Å². The average Bonchev–Trinajstić information content (AvgIpc) is 2.92. The quantitative estimate of drug-likeness (QED) is 0.345. The van der Waals surface area contributed by atoms with Crippen molar-refractivity contribution in [3.63, 3.8) is 0 Å². The van der Waals surface area contributed by atoms with Crippen LogP contribution in [0.2, 0.25) is 0 Å². The monoisotopic (exact) mass is 589 g/mol. The Labute approximate surface area is 245 Å².